The van der Waals surface area contributed by atoms with E-state index in [1.165, 1.54) is 12.1 Å². The lowest BCUT2D eigenvalue weighted by molar-refractivity contribution is -0.00970. The van der Waals surface area contributed by atoms with E-state index in [1.54, 1.807) is 0 Å². The number of halogens is 3. The lowest BCUT2D eigenvalue weighted by Gasteiger charge is -2.37. The molecule has 5 heteroatoms. The summed E-state index contributed by atoms with van der Waals surface area (Å²) in [5.41, 5.74) is -0.506. The van der Waals surface area contributed by atoms with Gasteiger partial charge in [0, 0.05) is 25.6 Å². The first-order chi connectivity index (χ1) is 6.59. The third kappa shape index (κ3) is 2.65. The minimum atomic E-state index is -0.862. The summed E-state index contributed by atoms with van der Waals surface area (Å²) in [6.07, 6.45) is 0.228. The van der Waals surface area contributed by atoms with Crippen LogP contribution in [-0.4, -0.2) is 23.8 Å². The SMILES string of the molecule is Cl.OC1(Cc2ccc(F)cc2F)CNC1. The van der Waals surface area contributed by atoms with E-state index in [1.807, 2.05) is 0 Å². The molecule has 0 aromatic heterocycles. The smallest absolute Gasteiger partial charge is 0.129 e. The van der Waals surface area contributed by atoms with E-state index in [9.17, 15) is 13.9 Å². The molecule has 0 amide bonds. The van der Waals surface area contributed by atoms with Crippen LogP contribution in [0.3, 0.4) is 0 Å². The van der Waals surface area contributed by atoms with Gasteiger partial charge in [0.05, 0.1) is 5.60 Å². The predicted octanol–water partition coefficient (Wildman–Crippen LogP) is 1.26. The molecule has 2 nitrogen and oxygen atoms in total. The molecule has 15 heavy (non-hydrogen) atoms. The molecule has 1 aromatic rings. The van der Waals surface area contributed by atoms with Crippen molar-refractivity contribution in [1.82, 2.24) is 5.32 Å². The summed E-state index contributed by atoms with van der Waals surface area (Å²) in [4.78, 5) is 0. The highest BCUT2D eigenvalue weighted by Gasteiger charge is 2.34. The third-order valence-corrected chi connectivity index (χ3v) is 2.44. The van der Waals surface area contributed by atoms with E-state index in [4.69, 9.17) is 0 Å². The Hall–Kier alpha value is -0.710. The fraction of sp³-hybridized carbons (Fsp3) is 0.400. The second kappa shape index (κ2) is 4.43. The van der Waals surface area contributed by atoms with Crippen LogP contribution in [0.4, 0.5) is 8.78 Å². The molecule has 2 N–H and O–H groups in total. The number of nitrogens with one attached hydrogen (secondary N) is 1. The quantitative estimate of drug-likeness (QED) is 0.809. The summed E-state index contributed by atoms with van der Waals surface area (Å²) >= 11 is 0. The zero-order chi connectivity index (χ0) is 10.2. The topological polar surface area (TPSA) is 32.3 Å². The first-order valence-corrected chi connectivity index (χ1v) is 4.46. The zero-order valence-corrected chi connectivity index (χ0v) is 8.78. The van der Waals surface area contributed by atoms with E-state index in [2.05, 4.69) is 5.32 Å². The van der Waals surface area contributed by atoms with Gasteiger partial charge < -0.3 is 10.4 Å². The van der Waals surface area contributed by atoms with Gasteiger partial charge in [-0.05, 0) is 11.6 Å². The second-order valence-electron chi connectivity index (χ2n) is 3.74. The van der Waals surface area contributed by atoms with Crippen LogP contribution in [0.1, 0.15) is 5.56 Å². The summed E-state index contributed by atoms with van der Waals surface area (Å²) in [6, 6.07) is 3.42. The van der Waals surface area contributed by atoms with Crippen LogP contribution >= 0.6 is 12.4 Å². The maximum atomic E-state index is 13.2. The van der Waals surface area contributed by atoms with Crippen molar-refractivity contribution < 1.29 is 13.9 Å². The molecule has 1 aromatic carbocycles. The van der Waals surface area contributed by atoms with Gasteiger partial charge in [0.15, 0.2) is 0 Å². The Morgan fingerprint density at radius 2 is 2.00 bits per heavy atom. The van der Waals surface area contributed by atoms with Crippen molar-refractivity contribution in [3.8, 4) is 0 Å². The van der Waals surface area contributed by atoms with Gasteiger partial charge in [-0.1, -0.05) is 6.07 Å². The van der Waals surface area contributed by atoms with Crippen molar-refractivity contribution in [2.24, 2.45) is 0 Å². The van der Waals surface area contributed by atoms with Gasteiger partial charge in [-0.3, -0.25) is 0 Å². The van der Waals surface area contributed by atoms with Crippen LogP contribution in [0.25, 0.3) is 0 Å². The Morgan fingerprint density at radius 1 is 1.33 bits per heavy atom. The third-order valence-electron chi connectivity index (χ3n) is 2.44. The van der Waals surface area contributed by atoms with Crippen molar-refractivity contribution in [3.63, 3.8) is 0 Å². The van der Waals surface area contributed by atoms with Crippen LogP contribution in [0.5, 0.6) is 0 Å². The number of rotatable bonds is 2. The van der Waals surface area contributed by atoms with Crippen LogP contribution in [0.2, 0.25) is 0 Å². The van der Waals surface area contributed by atoms with E-state index >= 15 is 0 Å². The lowest BCUT2D eigenvalue weighted by Crippen LogP contribution is -2.60. The van der Waals surface area contributed by atoms with Gasteiger partial charge in [0.25, 0.3) is 0 Å². The molecule has 1 fully saturated rings. The highest BCUT2D eigenvalue weighted by atomic mass is 35.5. The summed E-state index contributed by atoms with van der Waals surface area (Å²) < 4.78 is 25.7. The van der Waals surface area contributed by atoms with Gasteiger partial charge in [-0.25, -0.2) is 8.78 Å². The highest BCUT2D eigenvalue weighted by Crippen LogP contribution is 2.20. The van der Waals surface area contributed by atoms with E-state index in [-0.39, 0.29) is 18.8 Å². The van der Waals surface area contributed by atoms with Crippen molar-refractivity contribution in [1.29, 1.82) is 0 Å². The van der Waals surface area contributed by atoms with Crippen molar-refractivity contribution in [2.75, 3.05) is 13.1 Å². The molecule has 1 heterocycles. The highest BCUT2D eigenvalue weighted by molar-refractivity contribution is 5.85. The van der Waals surface area contributed by atoms with Crippen molar-refractivity contribution in [3.05, 3.63) is 35.4 Å². The fourth-order valence-corrected chi connectivity index (χ4v) is 1.56. The zero-order valence-electron chi connectivity index (χ0n) is 7.96. The van der Waals surface area contributed by atoms with Gasteiger partial charge in [-0.15, -0.1) is 12.4 Å². The molecule has 1 aliphatic heterocycles. The average molecular weight is 236 g/mol. The van der Waals surface area contributed by atoms with Gasteiger partial charge >= 0.3 is 0 Å². The summed E-state index contributed by atoms with van der Waals surface area (Å²) in [7, 11) is 0. The van der Waals surface area contributed by atoms with Gasteiger partial charge in [0.1, 0.15) is 11.6 Å². The lowest BCUT2D eigenvalue weighted by atomic mass is 9.89. The summed E-state index contributed by atoms with van der Waals surface area (Å²) in [5.74, 6) is -1.18. The van der Waals surface area contributed by atoms with E-state index < -0.39 is 17.2 Å². The standard InChI is InChI=1S/C10H11F2NO.ClH/c11-8-2-1-7(9(12)3-8)4-10(14)5-13-6-10;/h1-3,13-14H,4-6H2;1H. The molecular formula is C10H12ClF2NO. The van der Waals surface area contributed by atoms with E-state index in [0.29, 0.717) is 18.7 Å². The molecular weight excluding hydrogens is 224 g/mol. The van der Waals surface area contributed by atoms with Crippen LogP contribution in [-0.2, 0) is 6.42 Å². The summed E-state index contributed by atoms with van der Waals surface area (Å²) in [6.45, 7) is 0.924. The average Bonchev–Trinajstić information content (AvgIpc) is 2.07. The normalized spacial score (nSPS) is 17.8. The molecule has 0 atom stereocenters. The minimum absolute atomic E-state index is 0. The molecule has 0 saturated carbocycles. The minimum Gasteiger partial charge on any atom is -0.387 e. The molecule has 0 bridgehead atoms. The Kier molecular flexibility index (Phi) is 3.65. The van der Waals surface area contributed by atoms with E-state index in [0.717, 1.165) is 6.07 Å². The molecule has 2 rings (SSSR count). The van der Waals surface area contributed by atoms with Crippen LogP contribution in [0, 0.1) is 11.6 Å². The Morgan fingerprint density at radius 3 is 2.47 bits per heavy atom. The Labute approximate surface area is 92.7 Å². The molecule has 0 spiro atoms. The summed E-state index contributed by atoms with van der Waals surface area (Å²) in [5, 5.41) is 12.6. The maximum Gasteiger partial charge on any atom is 0.129 e. The number of hydrogen-bond acceptors (Lipinski definition) is 2. The van der Waals surface area contributed by atoms with Crippen molar-refractivity contribution in [2.45, 2.75) is 12.0 Å². The number of hydrogen-bond donors (Lipinski definition) is 2. The number of aliphatic hydroxyl groups is 1. The molecule has 1 saturated heterocycles. The molecule has 1 aliphatic rings. The van der Waals surface area contributed by atoms with Gasteiger partial charge in [-0.2, -0.15) is 0 Å². The number of benzene rings is 1. The predicted molar refractivity (Wildman–Crippen MR) is 55.1 cm³/mol. The Balaban J connectivity index is 0.00000112. The fourth-order valence-electron chi connectivity index (χ4n) is 1.56. The molecule has 0 unspecified atom stereocenters. The van der Waals surface area contributed by atoms with Gasteiger partial charge in [0.2, 0.25) is 0 Å². The molecule has 84 valence electrons. The van der Waals surface area contributed by atoms with Crippen molar-refractivity contribution >= 4 is 12.4 Å². The Bertz CT molecular complexity index is 355. The maximum absolute atomic E-state index is 13.2. The number of β-amino-alcohol motifs (C(OH)–C–C–N with tert-alkyl or cyclic N) is 1. The molecule has 0 aliphatic carbocycles. The first kappa shape index (κ1) is 12.4. The first-order valence-electron chi connectivity index (χ1n) is 4.46. The molecule has 0 radical (unpaired) electrons. The second-order valence-corrected chi connectivity index (χ2v) is 3.74. The largest absolute Gasteiger partial charge is 0.387 e. The van der Waals surface area contributed by atoms with Crippen LogP contribution < -0.4 is 5.32 Å². The van der Waals surface area contributed by atoms with Crippen LogP contribution in [0.15, 0.2) is 18.2 Å². The monoisotopic (exact) mass is 235 g/mol.